The fourth-order valence-electron chi connectivity index (χ4n) is 1.28. The third kappa shape index (κ3) is 2.99. The SMILES string of the molecule is Cc1csc(CNC(=O)c2cncc(NN)n2)n1. The number of carbonyl (C=O) groups is 1. The standard InChI is InChI=1S/C10H12N6OS/c1-6-5-18-9(14-6)4-13-10(17)7-2-12-3-8(15-7)16-11/h2-3,5H,4,11H2,1H3,(H,13,17)(H,15,16). The molecule has 4 N–H and O–H groups in total. The maximum atomic E-state index is 11.8. The lowest BCUT2D eigenvalue weighted by molar-refractivity contribution is 0.0945. The third-order valence-corrected chi connectivity index (χ3v) is 3.05. The van der Waals surface area contributed by atoms with Crippen molar-refractivity contribution in [3.63, 3.8) is 0 Å². The summed E-state index contributed by atoms with van der Waals surface area (Å²) in [5.41, 5.74) is 3.49. The smallest absolute Gasteiger partial charge is 0.271 e. The van der Waals surface area contributed by atoms with Crippen molar-refractivity contribution in [1.29, 1.82) is 0 Å². The molecule has 2 heterocycles. The van der Waals surface area contributed by atoms with E-state index in [0.717, 1.165) is 10.7 Å². The zero-order chi connectivity index (χ0) is 13.0. The van der Waals surface area contributed by atoms with E-state index in [4.69, 9.17) is 5.84 Å². The van der Waals surface area contributed by atoms with E-state index < -0.39 is 0 Å². The molecule has 0 unspecified atom stereocenters. The second-order valence-corrected chi connectivity index (χ2v) is 4.44. The second-order valence-electron chi connectivity index (χ2n) is 3.50. The molecule has 2 aromatic rings. The monoisotopic (exact) mass is 264 g/mol. The lowest BCUT2D eigenvalue weighted by Crippen LogP contribution is -2.24. The average Bonchev–Trinajstić information content (AvgIpc) is 2.82. The molecule has 0 aliphatic carbocycles. The molecule has 1 amide bonds. The topological polar surface area (TPSA) is 106 Å². The van der Waals surface area contributed by atoms with Gasteiger partial charge in [-0.25, -0.2) is 15.8 Å². The van der Waals surface area contributed by atoms with Gasteiger partial charge in [-0.2, -0.15) is 0 Å². The van der Waals surface area contributed by atoms with Gasteiger partial charge in [0, 0.05) is 11.1 Å². The van der Waals surface area contributed by atoms with Crippen LogP contribution in [-0.2, 0) is 6.54 Å². The van der Waals surface area contributed by atoms with Crippen molar-refractivity contribution in [2.24, 2.45) is 5.84 Å². The normalized spacial score (nSPS) is 10.1. The first-order valence-electron chi connectivity index (χ1n) is 5.17. The Hall–Kier alpha value is -2.06. The van der Waals surface area contributed by atoms with Crippen LogP contribution in [-0.4, -0.2) is 20.9 Å². The third-order valence-electron chi connectivity index (χ3n) is 2.08. The summed E-state index contributed by atoms with van der Waals surface area (Å²) in [6.07, 6.45) is 2.81. The van der Waals surface area contributed by atoms with Gasteiger partial charge >= 0.3 is 0 Å². The first-order valence-corrected chi connectivity index (χ1v) is 6.05. The molecule has 0 radical (unpaired) electrons. The van der Waals surface area contributed by atoms with Gasteiger partial charge in [-0.3, -0.25) is 9.78 Å². The Bertz CT molecular complexity index is 555. The minimum atomic E-state index is -0.313. The number of hydrogen-bond donors (Lipinski definition) is 3. The highest BCUT2D eigenvalue weighted by atomic mass is 32.1. The molecular formula is C10H12N6OS. The second kappa shape index (κ2) is 5.52. The predicted octanol–water partition coefficient (Wildman–Crippen LogP) is 0.457. The van der Waals surface area contributed by atoms with Crippen molar-refractivity contribution < 1.29 is 4.79 Å². The first-order chi connectivity index (χ1) is 8.69. The van der Waals surface area contributed by atoms with Gasteiger partial charge in [0.2, 0.25) is 0 Å². The number of anilines is 1. The maximum absolute atomic E-state index is 11.8. The Morgan fingerprint density at radius 3 is 2.94 bits per heavy atom. The lowest BCUT2D eigenvalue weighted by atomic mass is 10.4. The number of aromatic nitrogens is 3. The minimum absolute atomic E-state index is 0.207. The first kappa shape index (κ1) is 12.4. The number of rotatable bonds is 4. The number of thiazole rings is 1. The summed E-state index contributed by atoms with van der Waals surface area (Å²) in [4.78, 5) is 23.9. The van der Waals surface area contributed by atoms with Crippen LogP contribution in [0.1, 0.15) is 21.2 Å². The van der Waals surface area contributed by atoms with E-state index in [0.29, 0.717) is 12.4 Å². The van der Waals surface area contributed by atoms with Crippen molar-refractivity contribution in [3.05, 3.63) is 34.2 Å². The van der Waals surface area contributed by atoms with Crippen molar-refractivity contribution in [2.75, 3.05) is 5.43 Å². The average molecular weight is 264 g/mol. The molecule has 0 fully saturated rings. The highest BCUT2D eigenvalue weighted by Crippen LogP contribution is 2.08. The molecule has 94 valence electrons. The van der Waals surface area contributed by atoms with E-state index >= 15 is 0 Å². The summed E-state index contributed by atoms with van der Waals surface area (Å²) in [6, 6.07) is 0. The van der Waals surface area contributed by atoms with E-state index in [2.05, 4.69) is 25.7 Å². The summed E-state index contributed by atoms with van der Waals surface area (Å²) >= 11 is 1.50. The molecule has 8 heteroatoms. The number of aryl methyl sites for hydroxylation is 1. The number of hydrogen-bond acceptors (Lipinski definition) is 7. The van der Waals surface area contributed by atoms with Crippen LogP contribution < -0.4 is 16.6 Å². The summed E-state index contributed by atoms with van der Waals surface area (Å²) < 4.78 is 0. The van der Waals surface area contributed by atoms with Crippen LogP contribution in [0.25, 0.3) is 0 Å². The Labute approximate surface area is 107 Å². The molecule has 0 aliphatic heterocycles. The van der Waals surface area contributed by atoms with Crippen LogP contribution in [0.3, 0.4) is 0 Å². The fraction of sp³-hybridized carbons (Fsp3) is 0.200. The number of carbonyl (C=O) groups excluding carboxylic acids is 1. The van der Waals surface area contributed by atoms with Crippen molar-refractivity contribution >= 4 is 23.1 Å². The van der Waals surface area contributed by atoms with Gasteiger partial charge in [0.1, 0.15) is 10.7 Å². The van der Waals surface area contributed by atoms with E-state index in [9.17, 15) is 4.79 Å². The maximum Gasteiger partial charge on any atom is 0.271 e. The molecule has 0 bridgehead atoms. The Kier molecular flexibility index (Phi) is 3.80. The van der Waals surface area contributed by atoms with Crippen molar-refractivity contribution in [2.45, 2.75) is 13.5 Å². The molecule has 0 saturated carbocycles. The molecule has 0 aliphatic rings. The molecule has 0 aromatic carbocycles. The van der Waals surface area contributed by atoms with Gasteiger partial charge < -0.3 is 10.7 Å². The van der Waals surface area contributed by atoms with Crippen LogP contribution in [0.5, 0.6) is 0 Å². The fourth-order valence-corrected chi connectivity index (χ4v) is 1.99. The molecule has 0 atom stereocenters. The lowest BCUT2D eigenvalue weighted by Gasteiger charge is -2.03. The molecule has 0 spiro atoms. The Morgan fingerprint density at radius 2 is 2.28 bits per heavy atom. The minimum Gasteiger partial charge on any atom is -0.344 e. The molecule has 18 heavy (non-hydrogen) atoms. The van der Waals surface area contributed by atoms with Gasteiger partial charge in [0.15, 0.2) is 5.82 Å². The summed E-state index contributed by atoms with van der Waals surface area (Å²) in [7, 11) is 0. The number of nitrogen functional groups attached to an aromatic ring is 1. The van der Waals surface area contributed by atoms with Crippen molar-refractivity contribution in [1.82, 2.24) is 20.3 Å². The zero-order valence-corrected chi connectivity index (χ0v) is 10.5. The van der Waals surface area contributed by atoms with Gasteiger partial charge in [0.25, 0.3) is 5.91 Å². The molecule has 2 aromatic heterocycles. The zero-order valence-electron chi connectivity index (χ0n) is 9.67. The van der Waals surface area contributed by atoms with Crippen LogP contribution >= 0.6 is 11.3 Å². The number of nitrogens with one attached hydrogen (secondary N) is 2. The van der Waals surface area contributed by atoms with Crippen LogP contribution in [0.2, 0.25) is 0 Å². The van der Waals surface area contributed by atoms with Gasteiger partial charge in [-0.15, -0.1) is 11.3 Å². The predicted molar refractivity (Wildman–Crippen MR) is 67.9 cm³/mol. The Morgan fingerprint density at radius 1 is 1.44 bits per heavy atom. The van der Waals surface area contributed by atoms with Gasteiger partial charge in [-0.1, -0.05) is 0 Å². The van der Waals surface area contributed by atoms with Crippen molar-refractivity contribution in [3.8, 4) is 0 Å². The number of nitrogens with two attached hydrogens (primary N) is 1. The van der Waals surface area contributed by atoms with Crippen LogP contribution in [0.4, 0.5) is 5.82 Å². The van der Waals surface area contributed by atoms with Crippen LogP contribution in [0, 0.1) is 6.92 Å². The number of amides is 1. The Balaban J connectivity index is 1.99. The highest BCUT2D eigenvalue weighted by Gasteiger charge is 2.09. The largest absolute Gasteiger partial charge is 0.344 e. The summed E-state index contributed by atoms with van der Waals surface area (Å²) in [5.74, 6) is 5.22. The highest BCUT2D eigenvalue weighted by molar-refractivity contribution is 7.09. The van der Waals surface area contributed by atoms with Crippen LogP contribution in [0.15, 0.2) is 17.8 Å². The molecule has 0 saturated heterocycles. The molecule has 2 rings (SSSR count). The summed E-state index contributed by atoms with van der Waals surface area (Å²) in [5, 5.41) is 5.50. The van der Waals surface area contributed by atoms with Gasteiger partial charge in [0.05, 0.1) is 18.9 Å². The molecular weight excluding hydrogens is 252 g/mol. The summed E-state index contributed by atoms with van der Waals surface area (Å²) in [6.45, 7) is 2.28. The van der Waals surface area contributed by atoms with Gasteiger partial charge in [-0.05, 0) is 6.92 Å². The van der Waals surface area contributed by atoms with E-state index in [1.165, 1.54) is 23.7 Å². The number of hydrazine groups is 1. The number of nitrogens with zero attached hydrogens (tertiary/aromatic N) is 3. The molecule has 7 nitrogen and oxygen atoms in total. The quantitative estimate of drug-likeness (QED) is 0.547. The van der Waals surface area contributed by atoms with E-state index in [-0.39, 0.29) is 11.6 Å². The van der Waals surface area contributed by atoms with E-state index in [1.807, 2.05) is 12.3 Å². The van der Waals surface area contributed by atoms with E-state index in [1.54, 1.807) is 0 Å².